The first-order chi connectivity index (χ1) is 9.17. The molecule has 19 heavy (non-hydrogen) atoms. The number of hydrogen-bond acceptors (Lipinski definition) is 3. The van der Waals surface area contributed by atoms with Crippen molar-refractivity contribution in [2.24, 2.45) is 0 Å². The van der Waals surface area contributed by atoms with Crippen LogP contribution in [-0.2, 0) is 12.0 Å². The number of rotatable bonds is 3. The van der Waals surface area contributed by atoms with Crippen molar-refractivity contribution in [3.05, 3.63) is 47.8 Å². The minimum atomic E-state index is 0.203. The van der Waals surface area contributed by atoms with Gasteiger partial charge in [0.15, 0.2) is 0 Å². The van der Waals surface area contributed by atoms with E-state index in [1.165, 1.54) is 17.7 Å². The van der Waals surface area contributed by atoms with Crippen molar-refractivity contribution in [2.75, 3.05) is 13.1 Å². The van der Waals surface area contributed by atoms with Crippen LogP contribution in [-0.4, -0.2) is 27.6 Å². The largest absolute Gasteiger partial charge is 0.330 e. The van der Waals surface area contributed by atoms with Crippen molar-refractivity contribution in [2.45, 2.75) is 32.2 Å². The maximum atomic E-state index is 4.36. The zero-order valence-corrected chi connectivity index (χ0v) is 11.6. The Hall–Kier alpha value is -1.68. The van der Waals surface area contributed by atoms with Gasteiger partial charge in [0.25, 0.3) is 0 Å². The second-order valence-corrected chi connectivity index (χ2v) is 5.70. The third-order valence-corrected chi connectivity index (χ3v) is 4.02. The van der Waals surface area contributed by atoms with Gasteiger partial charge in [-0.05, 0) is 31.5 Å². The Kier molecular flexibility index (Phi) is 3.11. The van der Waals surface area contributed by atoms with Gasteiger partial charge in [0.1, 0.15) is 0 Å². The minimum Gasteiger partial charge on any atom is -0.330 e. The molecule has 0 amide bonds. The SMILES string of the molecule is Cc1ccc(Cn2cncc2C2(C)CCNC2)cn1. The lowest BCUT2D eigenvalue weighted by molar-refractivity contribution is 0.481. The molecule has 1 N–H and O–H groups in total. The summed E-state index contributed by atoms with van der Waals surface area (Å²) in [4.78, 5) is 8.70. The van der Waals surface area contributed by atoms with Crippen molar-refractivity contribution in [1.82, 2.24) is 19.9 Å². The minimum absolute atomic E-state index is 0.203. The zero-order chi connectivity index (χ0) is 13.3. The molecule has 4 nitrogen and oxygen atoms in total. The smallest absolute Gasteiger partial charge is 0.0951 e. The molecular weight excluding hydrogens is 236 g/mol. The molecule has 1 unspecified atom stereocenters. The van der Waals surface area contributed by atoms with Crippen LogP contribution in [0.4, 0.5) is 0 Å². The number of aryl methyl sites for hydroxylation is 1. The second kappa shape index (κ2) is 4.78. The molecule has 0 spiro atoms. The monoisotopic (exact) mass is 256 g/mol. The zero-order valence-electron chi connectivity index (χ0n) is 11.6. The van der Waals surface area contributed by atoms with Gasteiger partial charge in [-0.2, -0.15) is 0 Å². The van der Waals surface area contributed by atoms with Crippen LogP contribution in [0.25, 0.3) is 0 Å². The summed E-state index contributed by atoms with van der Waals surface area (Å²) in [6, 6.07) is 4.20. The fourth-order valence-electron chi connectivity index (χ4n) is 2.77. The van der Waals surface area contributed by atoms with E-state index in [0.717, 1.165) is 25.3 Å². The first-order valence-corrected chi connectivity index (χ1v) is 6.80. The van der Waals surface area contributed by atoms with Crippen LogP contribution in [0.3, 0.4) is 0 Å². The molecule has 0 radical (unpaired) electrons. The van der Waals surface area contributed by atoms with Crippen LogP contribution in [0.15, 0.2) is 30.9 Å². The van der Waals surface area contributed by atoms with E-state index in [0.29, 0.717) is 0 Å². The van der Waals surface area contributed by atoms with Gasteiger partial charge in [0.2, 0.25) is 0 Å². The molecule has 3 rings (SSSR count). The molecule has 0 saturated carbocycles. The van der Waals surface area contributed by atoms with Gasteiger partial charge in [-0.15, -0.1) is 0 Å². The number of pyridine rings is 1. The third-order valence-electron chi connectivity index (χ3n) is 4.02. The van der Waals surface area contributed by atoms with Gasteiger partial charge < -0.3 is 9.88 Å². The molecule has 0 bridgehead atoms. The highest BCUT2D eigenvalue weighted by atomic mass is 15.1. The fourth-order valence-corrected chi connectivity index (χ4v) is 2.77. The van der Waals surface area contributed by atoms with Gasteiger partial charge in [-0.25, -0.2) is 4.98 Å². The van der Waals surface area contributed by atoms with Crippen molar-refractivity contribution in [3.63, 3.8) is 0 Å². The third kappa shape index (κ3) is 2.40. The fraction of sp³-hybridized carbons (Fsp3) is 0.467. The van der Waals surface area contributed by atoms with Crippen LogP contribution in [0.2, 0.25) is 0 Å². The molecule has 3 heterocycles. The molecular formula is C15H20N4. The quantitative estimate of drug-likeness (QED) is 0.912. The summed E-state index contributed by atoms with van der Waals surface area (Å²) in [5, 5.41) is 3.45. The van der Waals surface area contributed by atoms with Crippen LogP contribution < -0.4 is 5.32 Å². The summed E-state index contributed by atoms with van der Waals surface area (Å²) < 4.78 is 2.25. The average molecular weight is 256 g/mol. The number of hydrogen-bond donors (Lipinski definition) is 1. The Balaban J connectivity index is 1.86. The highest BCUT2D eigenvalue weighted by molar-refractivity contribution is 5.20. The van der Waals surface area contributed by atoms with Crippen LogP contribution in [0.1, 0.15) is 30.3 Å². The van der Waals surface area contributed by atoms with E-state index in [2.05, 4.69) is 38.9 Å². The summed E-state index contributed by atoms with van der Waals surface area (Å²) in [7, 11) is 0. The Morgan fingerprint density at radius 2 is 2.26 bits per heavy atom. The molecule has 1 fully saturated rings. The lowest BCUT2D eigenvalue weighted by Gasteiger charge is -2.24. The second-order valence-electron chi connectivity index (χ2n) is 5.70. The maximum Gasteiger partial charge on any atom is 0.0951 e. The van der Waals surface area contributed by atoms with Crippen molar-refractivity contribution >= 4 is 0 Å². The summed E-state index contributed by atoms with van der Waals surface area (Å²) in [5.41, 5.74) is 3.80. The Morgan fingerprint density at radius 3 is 2.95 bits per heavy atom. The number of nitrogens with one attached hydrogen (secondary N) is 1. The lowest BCUT2D eigenvalue weighted by Crippen LogP contribution is -2.28. The standard InChI is InChI=1S/C15H20N4/c1-12-3-4-13(7-18-12)9-19-11-17-8-14(19)15(2)5-6-16-10-15/h3-4,7-8,11,16H,5-6,9-10H2,1-2H3. The number of nitrogens with zero attached hydrogens (tertiary/aromatic N) is 3. The highest BCUT2D eigenvalue weighted by Crippen LogP contribution is 2.30. The van der Waals surface area contributed by atoms with E-state index in [1.54, 1.807) is 0 Å². The van der Waals surface area contributed by atoms with Crippen molar-refractivity contribution in [1.29, 1.82) is 0 Å². The first-order valence-electron chi connectivity index (χ1n) is 6.80. The summed E-state index contributed by atoms with van der Waals surface area (Å²) >= 11 is 0. The van der Waals surface area contributed by atoms with Gasteiger partial charge >= 0.3 is 0 Å². The number of imidazole rings is 1. The first kappa shape index (κ1) is 12.4. The van der Waals surface area contributed by atoms with E-state index in [1.807, 2.05) is 25.6 Å². The molecule has 1 aliphatic rings. The normalized spacial score (nSPS) is 22.8. The summed E-state index contributed by atoms with van der Waals surface area (Å²) in [6.45, 7) is 7.29. The van der Waals surface area contributed by atoms with E-state index < -0.39 is 0 Å². The predicted molar refractivity (Wildman–Crippen MR) is 75.1 cm³/mol. The average Bonchev–Trinajstić information content (AvgIpc) is 3.02. The Bertz CT molecular complexity index is 550. The molecule has 2 aromatic heterocycles. The molecule has 1 atom stereocenters. The van der Waals surface area contributed by atoms with Gasteiger partial charge in [-0.1, -0.05) is 13.0 Å². The Morgan fingerprint density at radius 1 is 1.37 bits per heavy atom. The van der Waals surface area contributed by atoms with Crippen molar-refractivity contribution in [3.8, 4) is 0 Å². The van der Waals surface area contributed by atoms with Crippen molar-refractivity contribution < 1.29 is 0 Å². The Labute approximate surface area is 113 Å². The molecule has 0 aromatic carbocycles. The molecule has 2 aromatic rings. The van der Waals surface area contributed by atoms with Crippen LogP contribution in [0, 0.1) is 6.92 Å². The predicted octanol–water partition coefficient (Wildman–Crippen LogP) is 1.89. The molecule has 1 saturated heterocycles. The molecule has 4 heteroatoms. The highest BCUT2D eigenvalue weighted by Gasteiger charge is 2.33. The topological polar surface area (TPSA) is 42.7 Å². The van der Waals surface area contributed by atoms with Gasteiger partial charge in [-0.3, -0.25) is 4.98 Å². The van der Waals surface area contributed by atoms with Gasteiger partial charge in [0.05, 0.1) is 12.9 Å². The lowest BCUT2D eigenvalue weighted by atomic mass is 9.86. The van der Waals surface area contributed by atoms with E-state index in [4.69, 9.17) is 0 Å². The summed E-state index contributed by atoms with van der Waals surface area (Å²) in [5.74, 6) is 0. The molecule has 1 aliphatic heterocycles. The maximum absolute atomic E-state index is 4.36. The summed E-state index contributed by atoms with van der Waals surface area (Å²) in [6.07, 6.45) is 7.06. The van der Waals surface area contributed by atoms with E-state index in [-0.39, 0.29) is 5.41 Å². The van der Waals surface area contributed by atoms with Gasteiger partial charge in [0, 0.05) is 35.7 Å². The van der Waals surface area contributed by atoms with E-state index in [9.17, 15) is 0 Å². The molecule has 100 valence electrons. The van der Waals surface area contributed by atoms with Crippen LogP contribution >= 0.6 is 0 Å². The van der Waals surface area contributed by atoms with Crippen LogP contribution in [0.5, 0.6) is 0 Å². The van der Waals surface area contributed by atoms with E-state index >= 15 is 0 Å². The molecule has 0 aliphatic carbocycles. The number of aromatic nitrogens is 3.